The van der Waals surface area contributed by atoms with Gasteiger partial charge in [-0.25, -0.2) is 4.79 Å². The van der Waals surface area contributed by atoms with Crippen molar-refractivity contribution in [2.75, 3.05) is 26.0 Å². The van der Waals surface area contributed by atoms with Crippen LogP contribution < -0.4 is 10.5 Å². The lowest BCUT2D eigenvalue weighted by Gasteiger charge is -2.19. The summed E-state index contributed by atoms with van der Waals surface area (Å²) in [7, 11) is 6.09. The Labute approximate surface area is 158 Å². The van der Waals surface area contributed by atoms with Crippen molar-refractivity contribution >= 4 is 28.3 Å². The van der Waals surface area contributed by atoms with Gasteiger partial charge in [0.15, 0.2) is 0 Å². The Morgan fingerprint density at radius 2 is 1.69 bits per heavy atom. The molecular formula is C21H23ClN2O2. The number of anilines is 1. The molecule has 0 aliphatic rings. The molecule has 0 radical (unpaired) electrons. The molecule has 3 aromatic rings. The van der Waals surface area contributed by atoms with Gasteiger partial charge in [-0.05, 0) is 54.9 Å². The summed E-state index contributed by atoms with van der Waals surface area (Å²) in [6.45, 7) is 3.32. The van der Waals surface area contributed by atoms with E-state index in [2.05, 4.69) is 34.1 Å². The molecule has 1 heterocycles. The van der Waals surface area contributed by atoms with Crippen molar-refractivity contribution in [2.24, 2.45) is 0 Å². The summed E-state index contributed by atoms with van der Waals surface area (Å²) in [6.07, 6.45) is 0. The van der Waals surface area contributed by atoms with E-state index in [4.69, 9.17) is 16.0 Å². The predicted molar refractivity (Wildman–Crippen MR) is 108 cm³/mol. The molecule has 0 saturated carbocycles. The highest BCUT2D eigenvalue weighted by molar-refractivity contribution is 6.32. The first-order valence-corrected chi connectivity index (χ1v) is 8.89. The Hall–Kier alpha value is -2.30. The second-order valence-electron chi connectivity index (χ2n) is 6.92. The summed E-state index contributed by atoms with van der Waals surface area (Å²) in [6, 6.07) is 13.7. The predicted octanol–water partition coefficient (Wildman–Crippen LogP) is 4.45. The normalized spacial score (nSPS) is 11.3. The van der Waals surface area contributed by atoms with E-state index in [0.29, 0.717) is 17.2 Å². The van der Waals surface area contributed by atoms with Gasteiger partial charge in [-0.3, -0.25) is 4.90 Å². The van der Waals surface area contributed by atoms with Gasteiger partial charge in [0.05, 0.1) is 0 Å². The van der Waals surface area contributed by atoms with Crippen LogP contribution in [0.2, 0.25) is 5.02 Å². The third kappa shape index (κ3) is 4.09. The van der Waals surface area contributed by atoms with Gasteiger partial charge in [-0.1, -0.05) is 23.7 Å². The number of benzene rings is 2. The Kier molecular flexibility index (Phi) is 5.35. The zero-order valence-corrected chi connectivity index (χ0v) is 16.3. The molecule has 3 rings (SSSR count). The molecule has 0 unspecified atom stereocenters. The first kappa shape index (κ1) is 18.5. The van der Waals surface area contributed by atoms with Crippen molar-refractivity contribution in [3.05, 3.63) is 74.6 Å². The highest BCUT2D eigenvalue weighted by Crippen LogP contribution is 2.26. The lowest BCUT2D eigenvalue weighted by atomic mass is 10.1. The maximum atomic E-state index is 11.9. The van der Waals surface area contributed by atoms with E-state index < -0.39 is 0 Å². The quantitative estimate of drug-likeness (QED) is 0.621. The molecule has 4 nitrogen and oxygen atoms in total. The Bertz CT molecular complexity index is 978. The minimum Gasteiger partial charge on any atom is -0.423 e. The molecule has 0 amide bonds. The average molecular weight is 371 g/mol. The summed E-state index contributed by atoms with van der Waals surface area (Å²) < 4.78 is 5.34. The summed E-state index contributed by atoms with van der Waals surface area (Å²) in [5.74, 6) is 0. The third-order valence-corrected chi connectivity index (χ3v) is 4.86. The molecule has 0 aliphatic heterocycles. The maximum absolute atomic E-state index is 11.9. The standard InChI is InChI=1S/C21H23ClN2O2/c1-14-9-20-18(11-19(14)22)16(10-21(25)26-20)13-24(4)12-15-5-7-17(8-6-15)23(2)3/h5-11H,12-13H2,1-4H3. The first-order valence-electron chi connectivity index (χ1n) is 8.51. The fourth-order valence-electron chi connectivity index (χ4n) is 3.04. The molecule has 0 saturated heterocycles. The van der Waals surface area contributed by atoms with Gasteiger partial charge in [0.25, 0.3) is 0 Å². The SMILES string of the molecule is Cc1cc2oc(=O)cc(CN(C)Cc3ccc(N(C)C)cc3)c2cc1Cl. The zero-order chi connectivity index (χ0) is 18.8. The van der Waals surface area contributed by atoms with Crippen molar-refractivity contribution in [3.63, 3.8) is 0 Å². The Balaban J connectivity index is 1.83. The number of rotatable bonds is 5. The van der Waals surface area contributed by atoms with Gasteiger partial charge in [-0.15, -0.1) is 0 Å². The summed E-state index contributed by atoms with van der Waals surface area (Å²) >= 11 is 6.27. The third-order valence-electron chi connectivity index (χ3n) is 4.45. The van der Waals surface area contributed by atoms with E-state index in [1.165, 1.54) is 11.3 Å². The molecule has 2 aromatic carbocycles. The van der Waals surface area contributed by atoms with Crippen LogP contribution in [0.1, 0.15) is 16.7 Å². The second kappa shape index (κ2) is 7.52. The smallest absolute Gasteiger partial charge is 0.336 e. The van der Waals surface area contributed by atoms with Crippen molar-refractivity contribution in [1.29, 1.82) is 0 Å². The highest BCUT2D eigenvalue weighted by atomic mass is 35.5. The minimum atomic E-state index is -0.335. The summed E-state index contributed by atoms with van der Waals surface area (Å²) in [5, 5.41) is 1.56. The number of fused-ring (bicyclic) bond motifs is 1. The van der Waals surface area contributed by atoms with Crippen molar-refractivity contribution in [2.45, 2.75) is 20.0 Å². The Morgan fingerprint density at radius 3 is 2.35 bits per heavy atom. The van der Waals surface area contributed by atoms with Gasteiger partial charge in [0.1, 0.15) is 5.58 Å². The average Bonchev–Trinajstić information content (AvgIpc) is 2.57. The van der Waals surface area contributed by atoms with E-state index >= 15 is 0 Å². The monoisotopic (exact) mass is 370 g/mol. The molecule has 0 spiro atoms. The van der Waals surface area contributed by atoms with Crippen LogP contribution in [-0.4, -0.2) is 26.0 Å². The summed E-state index contributed by atoms with van der Waals surface area (Å²) in [5.41, 5.74) is 4.46. The minimum absolute atomic E-state index is 0.335. The van der Waals surface area contributed by atoms with Gasteiger partial charge in [0, 0.05) is 49.3 Å². The number of aryl methyl sites for hydroxylation is 1. The number of halogens is 1. The molecule has 5 heteroatoms. The van der Waals surface area contributed by atoms with Crippen LogP contribution in [0.25, 0.3) is 11.0 Å². The van der Waals surface area contributed by atoms with E-state index in [9.17, 15) is 4.79 Å². The fourth-order valence-corrected chi connectivity index (χ4v) is 3.20. The zero-order valence-electron chi connectivity index (χ0n) is 15.5. The van der Waals surface area contributed by atoms with Crippen molar-refractivity contribution < 1.29 is 4.42 Å². The van der Waals surface area contributed by atoms with Gasteiger partial charge in [0.2, 0.25) is 0 Å². The lowest BCUT2D eigenvalue weighted by Crippen LogP contribution is -2.18. The van der Waals surface area contributed by atoms with Gasteiger partial charge >= 0.3 is 5.63 Å². The molecule has 0 atom stereocenters. The van der Waals surface area contributed by atoms with E-state index in [1.807, 2.05) is 40.2 Å². The number of nitrogens with zero attached hydrogens (tertiary/aromatic N) is 2. The maximum Gasteiger partial charge on any atom is 0.336 e. The number of hydrogen-bond acceptors (Lipinski definition) is 4. The van der Waals surface area contributed by atoms with Crippen LogP contribution >= 0.6 is 11.6 Å². The van der Waals surface area contributed by atoms with Crippen molar-refractivity contribution in [1.82, 2.24) is 4.90 Å². The molecule has 1 aromatic heterocycles. The first-order chi connectivity index (χ1) is 12.3. The van der Waals surface area contributed by atoms with Crippen molar-refractivity contribution in [3.8, 4) is 0 Å². The van der Waals surface area contributed by atoms with Crippen LogP contribution in [0, 0.1) is 6.92 Å². The van der Waals surface area contributed by atoms with E-state index in [0.717, 1.165) is 23.1 Å². The van der Waals surface area contributed by atoms with Crippen LogP contribution in [0.5, 0.6) is 0 Å². The van der Waals surface area contributed by atoms with E-state index in [-0.39, 0.29) is 5.63 Å². The van der Waals surface area contributed by atoms with Crippen LogP contribution in [0.4, 0.5) is 5.69 Å². The largest absolute Gasteiger partial charge is 0.423 e. The second-order valence-corrected chi connectivity index (χ2v) is 7.33. The molecular weight excluding hydrogens is 348 g/mol. The van der Waals surface area contributed by atoms with Crippen LogP contribution in [0.3, 0.4) is 0 Å². The lowest BCUT2D eigenvalue weighted by molar-refractivity contribution is 0.319. The Morgan fingerprint density at radius 1 is 1.00 bits per heavy atom. The molecule has 0 aliphatic carbocycles. The van der Waals surface area contributed by atoms with Gasteiger partial charge < -0.3 is 9.32 Å². The molecule has 0 N–H and O–H groups in total. The summed E-state index contributed by atoms with van der Waals surface area (Å²) in [4.78, 5) is 16.2. The van der Waals surface area contributed by atoms with Crippen LogP contribution in [0.15, 0.2) is 51.7 Å². The highest BCUT2D eigenvalue weighted by Gasteiger charge is 2.11. The molecule has 136 valence electrons. The molecule has 0 bridgehead atoms. The number of hydrogen-bond donors (Lipinski definition) is 0. The topological polar surface area (TPSA) is 36.7 Å². The van der Waals surface area contributed by atoms with E-state index in [1.54, 1.807) is 6.07 Å². The van der Waals surface area contributed by atoms with Gasteiger partial charge in [-0.2, -0.15) is 0 Å². The molecule has 26 heavy (non-hydrogen) atoms. The van der Waals surface area contributed by atoms with Crippen LogP contribution in [-0.2, 0) is 13.1 Å². The fraction of sp³-hybridized carbons (Fsp3) is 0.286. The molecule has 0 fully saturated rings.